The van der Waals surface area contributed by atoms with Gasteiger partial charge in [-0.1, -0.05) is 66.6 Å². The van der Waals surface area contributed by atoms with Crippen LogP contribution in [0.25, 0.3) is 0 Å². The molecule has 0 saturated carbocycles. The molecule has 0 atom stereocenters. The molecule has 8 nitrogen and oxygen atoms in total. The van der Waals surface area contributed by atoms with E-state index in [0.717, 1.165) is 13.1 Å². The van der Waals surface area contributed by atoms with E-state index in [-0.39, 0.29) is 75.7 Å². The zero-order chi connectivity index (χ0) is 25.3. The van der Waals surface area contributed by atoms with Gasteiger partial charge in [-0.2, -0.15) is 0 Å². The molecule has 0 aromatic heterocycles. The SMILES string of the molecule is [Br-].[Br-].[Cu+2].[O-]c1c(Br)cc(Cl)cc1C=NCC[NH2+]CCO.[O-]c1c(Br)cc(Cl)cc1C=NCC[NH2+]CCO. The zero-order valence-electron chi connectivity index (χ0n) is 19.5. The van der Waals surface area contributed by atoms with E-state index >= 15 is 0 Å². The van der Waals surface area contributed by atoms with Crippen LogP contribution in [0.15, 0.2) is 43.2 Å². The number of nitrogens with zero attached hydrogens (tertiary/aromatic N) is 2. The van der Waals surface area contributed by atoms with Crippen molar-refractivity contribution < 1.29 is 82.1 Å². The van der Waals surface area contributed by atoms with Crippen LogP contribution in [-0.4, -0.2) is 75.1 Å². The fraction of sp³-hybridized carbons (Fsp3) is 0.364. The van der Waals surface area contributed by atoms with Crippen LogP contribution in [0.3, 0.4) is 0 Å². The van der Waals surface area contributed by atoms with Gasteiger partial charge in [0.1, 0.15) is 0 Å². The standard InChI is InChI=1S/2C11H14BrClN2O2.2BrH.Cu/c2*12-10-6-9(13)5-8(11(10)17)7-15-2-1-14-3-4-16;;;/h2*5-7,14,16-17H,1-4H2;2*1H;/q;;;;+2/p-2. The molecule has 15 heteroatoms. The number of nitrogens with two attached hydrogens (primary N) is 2. The van der Waals surface area contributed by atoms with E-state index < -0.39 is 0 Å². The molecule has 0 amide bonds. The van der Waals surface area contributed by atoms with Gasteiger partial charge in [-0.05, 0) is 35.4 Å². The molecular formula is C22H28Br4Cl2CuN4O4. The second-order valence-electron chi connectivity index (χ2n) is 6.86. The van der Waals surface area contributed by atoms with Crippen LogP contribution in [0.1, 0.15) is 11.1 Å². The van der Waals surface area contributed by atoms with E-state index in [1.54, 1.807) is 24.3 Å². The second-order valence-corrected chi connectivity index (χ2v) is 9.44. The first-order valence-electron chi connectivity index (χ1n) is 10.5. The maximum Gasteiger partial charge on any atom is 2.00 e. The van der Waals surface area contributed by atoms with E-state index in [1.165, 1.54) is 12.4 Å². The number of quaternary nitrogens is 2. The average Bonchev–Trinajstić information content (AvgIpc) is 2.79. The number of aliphatic hydroxyl groups is 2. The summed E-state index contributed by atoms with van der Waals surface area (Å²) in [5.41, 5.74) is 0.957. The molecule has 0 heterocycles. The monoisotopic (exact) mass is 861 g/mol. The van der Waals surface area contributed by atoms with Crippen molar-refractivity contribution in [3.8, 4) is 11.5 Å². The first kappa shape index (κ1) is 41.7. The molecule has 0 unspecified atom stereocenters. The summed E-state index contributed by atoms with van der Waals surface area (Å²) in [5.74, 6) is -0.227. The Bertz CT molecular complexity index is 888. The minimum atomic E-state index is -0.113. The summed E-state index contributed by atoms with van der Waals surface area (Å²) in [6.07, 6.45) is 3.07. The van der Waals surface area contributed by atoms with Gasteiger partial charge < -0.3 is 65.0 Å². The fourth-order valence-electron chi connectivity index (χ4n) is 2.48. The molecule has 2 rings (SSSR count). The van der Waals surface area contributed by atoms with Gasteiger partial charge in [-0.25, -0.2) is 0 Å². The third kappa shape index (κ3) is 18.3. The van der Waals surface area contributed by atoms with Crippen LogP contribution in [0.2, 0.25) is 10.0 Å². The first-order valence-corrected chi connectivity index (χ1v) is 12.8. The third-order valence-electron chi connectivity index (χ3n) is 4.13. The molecule has 0 fully saturated rings. The number of aliphatic imine (C=N–C) groups is 2. The summed E-state index contributed by atoms with van der Waals surface area (Å²) in [6.45, 7) is 4.44. The smallest absolute Gasteiger partial charge is 1.00 e. The van der Waals surface area contributed by atoms with Gasteiger partial charge in [0.05, 0.1) is 52.5 Å². The number of benzene rings is 2. The maximum absolute atomic E-state index is 11.6. The molecule has 6 N–H and O–H groups in total. The summed E-state index contributed by atoms with van der Waals surface area (Å²) >= 11 is 18.0. The molecule has 213 valence electrons. The Hall–Kier alpha value is 0.239. The molecule has 0 bridgehead atoms. The third-order valence-corrected chi connectivity index (χ3v) is 5.74. The molecule has 1 radical (unpaired) electrons. The first-order chi connectivity index (χ1) is 16.3. The Balaban J connectivity index is -0.000000578. The fourth-order valence-corrected chi connectivity index (χ4v) is 4.15. The number of hydrogen-bond acceptors (Lipinski definition) is 6. The molecular weight excluding hydrogens is 838 g/mol. The Morgan fingerprint density at radius 1 is 0.730 bits per heavy atom. The number of aliphatic hydroxyl groups excluding tert-OH is 2. The van der Waals surface area contributed by atoms with Gasteiger partial charge >= 0.3 is 17.1 Å². The summed E-state index contributed by atoms with van der Waals surface area (Å²) < 4.78 is 0.886. The van der Waals surface area contributed by atoms with Crippen molar-refractivity contribution in [3.05, 3.63) is 54.4 Å². The van der Waals surface area contributed by atoms with Gasteiger partial charge in [0.15, 0.2) is 0 Å². The molecule has 0 aliphatic heterocycles. The Labute approximate surface area is 275 Å². The Kier molecular flexibility index (Phi) is 28.4. The van der Waals surface area contributed by atoms with E-state index in [1.807, 2.05) is 10.6 Å². The largest absolute Gasteiger partial charge is 2.00 e. The normalized spacial score (nSPS) is 10.3. The molecule has 2 aromatic carbocycles. The van der Waals surface area contributed by atoms with Crippen LogP contribution in [0, 0.1) is 0 Å². The second kappa shape index (κ2) is 25.2. The van der Waals surface area contributed by atoms with Crippen LogP contribution in [0.4, 0.5) is 0 Å². The van der Waals surface area contributed by atoms with Crippen LogP contribution >= 0.6 is 55.1 Å². The van der Waals surface area contributed by atoms with Gasteiger partial charge in [0, 0.05) is 31.4 Å². The van der Waals surface area contributed by atoms with E-state index in [9.17, 15) is 10.2 Å². The summed E-state index contributed by atoms with van der Waals surface area (Å²) in [6, 6.07) is 6.32. The molecule has 0 spiro atoms. The molecule has 0 aliphatic rings. The minimum absolute atomic E-state index is 0. The zero-order valence-corrected chi connectivity index (χ0v) is 28.2. The molecule has 0 saturated heterocycles. The van der Waals surface area contributed by atoms with Crippen LogP contribution < -0.4 is 54.8 Å². The van der Waals surface area contributed by atoms with Gasteiger partial charge in [-0.3, -0.25) is 9.98 Å². The van der Waals surface area contributed by atoms with Crippen molar-refractivity contribution >= 4 is 67.5 Å². The van der Waals surface area contributed by atoms with Crippen molar-refractivity contribution in [1.82, 2.24) is 0 Å². The number of rotatable bonds is 12. The Morgan fingerprint density at radius 3 is 1.41 bits per heavy atom. The summed E-state index contributed by atoms with van der Waals surface area (Å²) in [5, 5.41) is 45.4. The quantitative estimate of drug-likeness (QED) is 0.0960. The van der Waals surface area contributed by atoms with Crippen molar-refractivity contribution in [2.45, 2.75) is 0 Å². The van der Waals surface area contributed by atoms with Crippen molar-refractivity contribution in [2.75, 3.05) is 52.5 Å². The van der Waals surface area contributed by atoms with E-state index in [0.29, 0.717) is 56.3 Å². The predicted molar refractivity (Wildman–Crippen MR) is 140 cm³/mol. The number of halogens is 6. The van der Waals surface area contributed by atoms with Gasteiger partial charge in [0.2, 0.25) is 0 Å². The molecule has 37 heavy (non-hydrogen) atoms. The van der Waals surface area contributed by atoms with Crippen molar-refractivity contribution in [2.24, 2.45) is 9.98 Å². The minimum Gasteiger partial charge on any atom is -1.00 e. The van der Waals surface area contributed by atoms with Crippen molar-refractivity contribution in [3.63, 3.8) is 0 Å². The van der Waals surface area contributed by atoms with Gasteiger partial charge in [0.25, 0.3) is 0 Å². The molecule has 2 aromatic rings. The summed E-state index contributed by atoms with van der Waals surface area (Å²) in [4.78, 5) is 8.28. The van der Waals surface area contributed by atoms with E-state index in [4.69, 9.17) is 33.4 Å². The van der Waals surface area contributed by atoms with Crippen LogP contribution in [0.5, 0.6) is 11.5 Å². The molecule has 0 aliphatic carbocycles. The van der Waals surface area contributed by atoms with Crippen LogP contribution in [-0.2, 0) is 17.1 Å². The summed E-state index contributed by atoms with van der Waals surface area (Å²) in [7, 11) is 0. The average molecular weight is 867 g/mol. The Morgan fingerprint density at radius 2 is 1.08 bits per heavy atom. The topological polar surface area (TPSA) is 145 Å². The predicted octanol–water partition coefficient (Wildman–Crippen LogP) is -5.69. The van der Waals surface area contributed by atoms with E-state index in [2.05, 4.69) is 41.8 Å². The maximum atomic E-state index is 11.6. The van der Waals surface area contributed by atoms with Gasteiger partial charge in [-0.15, -0.1) is 0 Å². The van der Waals surface area contributed by atoms with Crippen molar-refractivity contribution in [1.29, 1.82) is 0 Å². The number of hydrogen-bond donors (Lipinski definition) is 4.